The highest BCUT2D eigenvalue weighted by atomic mass is 32.2. The van der Waals surface area contributed by atoms with Gasteiger partial charge in [-0.15, -0.1) is 0 Å². The van der Waals surface area contributed by atoms with Gasteiger partial charge >= 0.3 is 0 Å². The summed E-state index contributed by atoms with van der Waals surface area (Å²) < 4.78 is 29.1. The number of thiazole rings is 1. The zero-order chi connectivity index (χ0) is 24.8. The van der Waals surface area contributed by atoms with E-state index in [0.717, 1.165) is 56.1 Å². The van der Waals surface area contributed by atoms with Crippen molar-refractivity contribution in [1.82, 2.24) is 10.3 Å². The molecule has 0 spiro atoms. The highest BCUT2D eigenvalue weighted by molar-refractivity contribution is 7.90. The number of aromatic nitrogens is 1. The zero-order valence-electron chi connectivity index (χ0n) is 19.4. The van der Waals surface area contributed by atoms with Crippen LogP contribution in [0.2, 0.25) is 0 Å². The topological polar surface area (TPSA) is 136 Å². The molecule has 1 saturated heterocycles. The Hall–Kier alpha value is -2.83. The second kappa shape index (κ2) is 11.3. The molecule has 1 atom stereocenters. The van der Waals surface area contributed by atoms with Crippen LogP contribution in [0.15, 0.2) is 40.5 Å². The lowest BCUT2D eigenvalue weighted by molar-refractivity contribution is -0.110. The smallest absolute Gasteiger partial charge is 0.280 e. The predicted molar refractivity (Wildman–Crippen MR) is 131 cm³/mol. The maximum absolute atomic E-state index is 13.1. The average molecular weight is 521 g/mol. The quantitative estimate of drug-likeness (QED) is 0.383. The van der Waals surface area contributed by atoms with Gasteiger partial charge in [-0.3, -0.25) is 14.9 Å². The van der Waals surface area contributed by atoms with Crippen LogP contribution in [0, 0.1) is 0 Å². The maximum Gasteiger partial charge on any atom is 0.280 e. The summed E-state index contributed by atoms with van der Waals surface area (Å²) in [5.41, 5.74) is 0.399. The van der Waals surface area contributed by atoms with E-state index in [9.17, 15) is 18.0 Å². The third kappa shape index (κ3) is 6.86. The molecule has 2 aliphatic rings. The summed E-state index contributed by atoms with van der Waals surface area (Å²) in [5.74, 6) is -0.857. The third-order valence-corrected chi connectivity index (χ3v) is 7.87. The fraction of sp³-hybridized carbons (Fsp3) is 0.478. The molecular formula is C23H28N4O6S2. The van der Waals surface area contributed by atoms with Crippen molar-refractivity contribution in [1.29, 1.82) is 0 Å². The minimum Gasteiger partial charge on any atom is -0.392 e. The minimum absolute atomic E-state index is 0.00321. The largest absolute Gasteiger partial charge is 0.392 e. The Morgan fingerprint density at radius 1 is 1.17 bits per heavy atom. The highest BCUT2D eigenvalue weighted by Gasteiger charge is 2.22. The van der Waals surface area contributed by atoms with Crippen molar-refractivity contribution in [3.05, 3.63) is 40.9 Å². The van der Waals surface area contributed by atoms with Gasteiger partial charge in [-0.05, 0) is 50.7 Å². The number of carbonyl (C=O) groups is 2. The number of nitrogens with one attached hydrogen (secondary N) is 2. The molecule has 1 aromatic carbocycles. The van der Waals surface area contributed by atoms with Crippen molar-refractivity contribution in [3.8, 4) is 0 Å². The molecule has 1 unspecified atom stereocenters. The molecule has 1 aliphatic heterocycles. The van der Waals surface area contributed by atoms with Crippen LogP contribution in [0.4, 0.5) is 5.13 Å². The summed E-state index contributed by atoms with van der Waals surface area (Å²) in [6.45, 7) is 1.14. The van der Waals surface area contributed by atoms with Crippen LogP contribution in [-0.4, -0.2) is 62.5 Å². The van der Waals surface area contributed by atoms with Gasteiger partial charge in [0.1, 0.15) is 11.0 Å². The van der Waals surface area contributed by atoms with Crippen LogP contribution in [0.3, 0.4) is 0 Å². The van der Waals surface area contributed by atoms with Gasteiger partial charge in [0.2, 0.25) is 0 Å². The van der Waals surface area contributed by atoms with E-state index < -0.39 is 15.7 Å². The van der Waals surface area contributed by atoms with Gasteiger partial charge in [-0.25, -0.2) is 13.4 Å². The fourth-order valence-corrected chi connectivity index (χ4v) is 5.26. The molecule has 10 nitrogen and oxygen atoms in total. The molecule has 1 saturated carbocycles. The van der Waals surface area contributed by atoms with Crippen molar-refractivity contribution < 1.29 is 27.6 Å². The fourth-order valence-electron chi connectivity index (χ4n) is 3.90. The first-order chi connectivity index (χ1) is 16.8. The normalized spacial score (nSPS) is 19.0. The van der Waals surface area contributed by atoms with E-state index in [-0.39, 0.29) is 33.9 Å². The number of rotatable bonds is 9. The molecule has 2 N–H and O–H groups in total. The number of oxime groups is 1. The van der Waals surface area contributed by atoms with Crippen LogP contribution in [0.5, 0.6) is 0 Å². The van der Waals surface area contributed by atoms with Crippen LogP contribution < -0.4 is 10.6 Å². The predicted octanol–water partition coefficient (Wildman–Crippen LogP) is 2.76. The van der Waals surface area contributed by atoms with E-state index in [0.29, 0.717) is 23.6 Å². The molecule has 1 aromatic heterocycles. The van der Waals surface area contributed by atoms with E-state index in [4.69, 9.17) is 9.57 Å². The number of amides is 2. The standard InChI is InChI=1S/C23H28N4O6S2/c1-35(30,31)18-10-8-15(9-11-18)20(27-33-16-5-2-3-6-16)22(29)26-23-25-14-19(34-23)21(28)24-13-17-7-4-12-32-17/h8-11,14,16-17H,2-7,12-13H2,1H3,(H,24,28)(H,25,26,29)/b27-20+. The van der Waals surface area contributed by atoms with Gasteiger partial charge in [0.05, 0.1) is 17.2 Å². The summed E-state index contributed by atoms with van der Waals surface area (Å²) in [6, 6.07) is 5.86. The van der Waals surface area contributed by atoms with Crippen molar-refractivity contribution in [2.24, 2.45) is 5.16 Å². The molecule has 12 heteroatoms. The van der Waals surface area contributed by atoms with Crippen LogP contribution in [0.1, 0.15) is 53.8 Å². The van der Waals surface area contributed by atoms with E-state index in [2.05, 4.69) is 20.8 Å². The molecule has 2 aromatic rings. The summed E-state index contributed by atoms with van der Waals surface area (Å²) >= 11 is 1.04. The molecule has 4 rings (SSSR count). The second-order valence-electron chi connectivity index (χ2n) is 8.58. The van der Waals surface area contributed by atoms with Gasteiger partial charge < -0.3 is 14.9 Å². The van der Waals surface area contributed by atoms with E-state index in [1.54, 1.807) is 0 Å². The molecule has 2 fully saturated rings. The summed E-state index contributed by atoms with van der Waals surface area (Å²) in [6.07, 6.45) is 8.20. The van der Waals surface area contributed by atoms with Gasteiger partial charge in [0, 0.05) is 25.0 Å². The first-order valence-corrected chi connectivity index (χ1v) is 14.2. The lowest BCUT2D eigenvalue weighted by atomic mass is 10.1. The van der Waals surface area contributed by atoms with Crippen LogP contribution in [0.25, 0.3) is 0 Å². The Morgan fingerprint density at radius 2 is 1.91 bits per heavy atom. The summed E-state index contributed by atoms with van der Waals surface area (Å²) in [5, 5.41) is 9.85. The van der Waals surface area contributed by atoms with Crippen molar-refractivity contribution in [2.45, 2.75) is 55.6 Å². The van der Waals surface area contributed by atoms with E-state index >= 15 is 0 Å². The number of anilines is 1. The van der Waals surface area contributed by atoms with Gasteiger partial charge in [0.25, 0.3) is 11.8 Å². The highest BCUT2D eigenvalue weighted by Crippen LogP contribution is 2.23. The number of ether oxygens (including phenoxy) is 1. The maximum atomic E-state index is 13.1. The monoisotopic (exact) mass is 520 g/mol. The summed E-state index contributed by atoms with van der Waals surface area (Å²) in [4.78, 5) is 35.8. The van der Waals surface area contributed by atoms with Crippen molar-refractivity contribution in [3.63, 3.8) is 0 Å². The summed E-state index contributed by atoms with van der Waals surface area (Å²) in [7, 11) is -3.38. The number of carbonyl (C=O) groups excluding carboxylic acids is 2. The first-order valence-electron chi connectivity index (χ1n) is 11.5. The van der Waals surface area contributed by atoms with Crippen LogP contribution in [-0.2, 0) is 24.2 Å². The van der Waals surface area contributed by atoms with Crippen molar-refractivity contribution >= 4 is 43.8 Å². The minimum atomic E-state index is -3.38. The molecule has 2 heterocycles. The Morgan fingerprint density at radius 3 is 2.57 bits per heavy atom. The number of benzene rings is 1. The molecule has 1 aliphatic carbocycles. The Balaban J connectivity index is 1.46. The Bertz CT molecular complexity index is 1180. The molecule has 0 bridgehead atoms. The van der Waals surface area contributed by atoms with Gasteiger partial charge in [-0.2, -0.15) is 0 Å². The lowest BCUT2D eigenvalue weighted by Crippen LogP contribution is -2.31. The lowest BCUT2D eigenvalue weighted by Gasteiger charge is -2.11. The molecule has 188 valence electrons. The van der Waals surface area contributed by atoms with Gasteiger partial charge in [0.15, 0.2) is 20.7 Å². The van der Waals surface area contributed by atoms with E-state index in [1.165, 1.54) is 30.5 Å². The molecule has 35 heavy (non-hydrogen) atoms. The van der Waals surface area contributed by atoms with Crippen molar-refractivity contribution in [2.75, 3.05) is 24.7 Å². The first kappa shape index (κ1) is 25.3. The molecule has 2 amide bonds. The van der Waals surface area contributed by atoms with Crippen LogP contribution >= 0.6 is 11.3 Å². The Labute approximate surface area is 208 Å². The number of nitrogens with zero attached hydrogens (tertiary/aromatic N) is 2. The molecule has 0 radical (unpaired) electrons. The molecular weight excluding hydrogens is 492 g/mol. The average Bonchev–Trinajstić information content (AvgIpc) is 3.60. The van der Waals surface area contributed by atoms with Gasteiger partial charge in [-0.1, -0.05) is 28.6 Å². The number of sulfone groups is 1. The zero-order valence-corrected chi connectivity index (χ0v) is 21.0. The Kier molecular flexibility index (Phi) is 8.14. The van der Waals surface area contributed by atoms with E-state index in [1.807, 2.05) is 0 Å². The number of hydrogen-bond donors (Lipinski definition) is 2. The second-order valence-corrected chi connectivity index (χ2v) is 11.6. The SMILES string of the molecule is CS(=O)(=O)c1ccc(/C(=N\OC2CCCC2)C(=O)Nc2ncc(C(=O)NCC3CCCO3)s2)cc1. The third-order valence-electron chi connectivity index (χ3n) is 5.83. The number of hydrogen-bond acceptors (Lipinski definition) is 9.